The predicted molar refractivity (Wildman–Crippen MR) is 110 cm³/mol. The topological polar surface area (TPSA) is 72.1 Å². The fourth-order valence-corrected chi connectivity index (χ4v) is 3.59. The molecule has 0 atom stereocenters. The van der Waals surface area contributed by atoms with Gasteiger partial charge in [-0.25, -0.2) is 0 Å². The first-order chi connectivity index (χ1) is 14.9. The zero-order valence-electron chi connectivity index (χ0n) is 15.8. The molecule has 0 unspecified atom stereocenters. The molecule has 0 saturated heterocycles. The molecule has 2 aromatic heterocycles. The highest BCUT2D eigenvalue weighted by Gasteiger charge is 2.36. The van der Waals surface area contributed by atoms with E-state index in [9.17, 15) is 13.6 Å². The highest BCUT2D eigenvalue weighted by Crippen LogP contribution is 2.37. The van der Waals surface area contributed by atoms with Crippen molar-refractivity contribution in [3.05, 3.63) is 84.0 Å². The molecule has 4 aromatic rings. The van der Waals surface area contributed by atoms with Gasteiger partial charge < -0.3 is 9.42 Å². The fourth-order valence-electron chi connectivity index (χ4n) is 3.51. The first kappa shape index (κ1) is 19.3. The van der Waals surface area contributed by atoms with E-state index in [1.54, 1.807) is 4.90 Å². The molecule has 1 aliphatic rings. The van der Waals surface area contributed by atoms with Crippen molar-refractivity contribution < 1.29 is 18.1 Å². The van der Waals surface area contributed by atoms with E-state index in [2.05, 4.69) is 19.6 Å². The molecule has 0 bridgehead atoms. The van der Waals surface area contributed by atoms with Gasteiger partial charge in [0.15, 0.2) is 0 Å². The Morgan fingerprint density at radius 3 is 2.48 bits per heavy atom. The second kappa shape index (κ2) is 7.24. The lowest BCUT2D eigenvalue weighted by Crippen LogP contribution is -2.23. The van der Waals surface area contributed by atoms with Gasteiger partial charge in [-0.2, -0.15) is 13.8 Å². The van der Waals surface area contributed by atoms with E-state index in [1.807, 2.05) is 54.6 Å². The molecule has 31 heavy (non-hydrogen) atoms. The van der Waals surface area contributed by atoms with Gasteiger partial charge in [0.2, 0.25) is 5.82 Å². The van der Waals surface area contributed by atoms with Crippen LogP contribution in [0.3, 0.4) is 0 Å². The van der Waals surface area contributed by atoms with E-state index in [0.29, 0.717) is 11.3 Å². The summed E-state index contributed by atoms with van der Waals surface area (Å²) >= 11 is 4.92. The number of hydrogen-bond acceptors (Lipinski definition) is 5. The number of anilines is 1. The minimum atomic E-state index is -3.77. The van der Waals surface area contributed by atoms with E-state index in [1.165, 1.54) is 12.3 Å². The van der Waals surface area contributed by atoms with Crippen LogP contribution in [0.2, 0.25) is 0 Å². The summed E-state index contributed by atoms with van der Waals surface area (Å²) in [5.74, 6) is -1.39. The van der Waals surface area contributed by atoms with Crippen LogP contribution in [0.4, 0.5) is 14.5 Å². The Morgan fingerprint density at radius 2 is 1.74 bits per heavy atom. The minimum absolute atomic E-state index is 0.124. The predicted octanol–water partition coefficient (Wildman–Crippen LogP) is 5.25. The highest BCUT2D eigenvalue weighted by atomic mass is 35.5. The molecule has 1 amide bonds. The maximum absolute atomic E-state index is 13.2. The summed E-state index contributed by atoms with van der Waals surface area (Å²) in [5.41, 5.74) is 3.85. The van der Waals surface area contributed by atoms with Gasteiger partial charge in [0.05, 0.1) is 23.5 Å². The minimum Gasteiger partial charge on any atom is -0.331 e. The number of hydrogen-bond donors (Lipinski definition) is 0. The lowest BCUT2D eigenvalue weighted by Gasteiger charge is -2.19. The van der Waals surface area contributed by atoms with Gasteiger partial charge >= 0.3 is 11.3 Å². The zero-order valence-corrected chi connectivity index (χ0v) is 16.6. The quantitative estimate of drug-likeness (QED) is 0.407. The van der Waals surface area contributed by atoms with Gasteiger partial charge in [0, 0.05) is 17.3 Å². The Kier molecular flexibility index (Phi) is 4.51. The van der Waals surface area contributed by atoms with Gasteiger partial charge in [-0.3, -0.25) is 9.78 Å². The summed E-state index contributed by atoms with van der Waals surface area (Å²) < 4.78 is 30.9. The summed E-state index contributed by atoms with van der Waals surface area (Å²) in [4.78, 5) is 22.8. The van der Waals surface area contributed by atoms with Crippen molar-refractivity contribution in [1.29, 1.82) is 0 Å². The number of nitrogens with zero attached hydrogens (tertiary/aromatic N) is 4. The molecule has 0 spiro atoms. The van der Waals surface area contributed by atoms with Crippen molar-refractivity contribution in [1.82, 2.24) is 15.1 Å². The van der Waals surface area contributed by atoms with Crippen molar-refractivity contribution in [3.63, 3.8) is 0 Å². The third-order valence-corrected chi connectivity index (χ3v) is 5.12. The van der Waals surface area contributed by atoms with E-state index in [0.717, 1.165) is 16.8 Å². The van der Waals surface area contributed by atoms with E-state index in [4.69, 9.17) is 11.6 Å². The maximum Gasteiger partial charge on any atom is 0.400 e. The normalized spacial score (nSPS) is 13.5. The van der Waals surface area contributed by atoms with Crippen molar-refractivity contribution >= 4 is 23.2 Å². The van der Waals surface area contributed by atoms with Gasteiger partial charge in [-0.15, -0.1) is 0 Å². The van der Waals surface area contributed by atoms with E-state index >= 15 is 0 Å². The molecule has 9 heteroatoms. The molecule has 1 aliphatic heterocycles. The number of amides is 1. The smallest absolute Gasteiger partial charge is 0.331 e. The van der Waals surface area contributed by atoms with Gasteiger partial charge in [0.25, 0.3) is 5.91 Å². The van der Waals surface area contributed by atoms with Crippen LogP contribution in [0.25, 0.3) is 22.5 Å². The molecular weight excluding hydrogens is 426 g/mol. The Bertz CT molecular complexity index is 1290. The summed E-state index contributed by atoms with van der Waals surface area (Å²) in [6, 6.07) is 18.9. The first-order valence-corrected chi connectivity index (χ1v) is 9.66. The molecule has 2 aromatic carbocycles. The lowest BCUT2D eigenvalue weighted by molar-refractivity contribution is 0.0551. The van der Waals surface area contributed by atoms with E-state index in [-0.39, 0.29) is 23.8 Å². The molecule has 5 rings (SSSR count). The number of aromatic nitrogens is 3. The fraction of sp³-hybridized carbons (Fsp3) is 0.0909. The molecule has 0 N–H and O–H groups in total. The van der Waals surface area contributed by atoms with Crippen molar-refractivity contribution in [2.45, 2.75) is 11.9 Å². The Balaban J connectivity index is 1.50. The van der Waals surface area contributed by atoms with Crippen molar-refractivity contribution in [3.8, 4) is 22.5 Å². The average molecular weight is 439 g/mol. The number of pyridine rings is 1. The Labute approximate surface area is 180 Å². The summed E-state index contributed by atoms with van der Waals surface area (Å²) in [6.45, 7) is 0.287. The molecule has 0 aliphatic carbocycles. The zero-order chi connectivity index (χ0) is 21.6. The van der Waals surface area contributed by atoms with Crippen LogP contribution in [-0.4, -0.2) is 21.0 Å². The molecule has 0 saturated carbocycles. The van der Waals surface area contributed by atoms with Gasteiger partial charge in [0.1, 0.15) is 0 Å². The van der Waals surface area contributed by atoms with Gasteiger partial charge in [-0.05, 0) is 29.3 Å². The number of fused-ring (bicyclic) bond motifs is 1. The van der Waals surface area contributed by atoms with Crippen LogP contribution in [0.15, 0.2) is 71.4 Å². The lowest BCUT2D eigenvalue weighted by atomic mass is 10.0. The van der Waals surface area contributed by atoms with Crippen LogP contribution in [0, 0.1) is 0 Å². The van der Waals surface area contributed by atoms with Crippen molar-refractivity contribution in [2.24, 2.45) is 0 Å². The monoisotopic (exact) mass is 438 g/mol. The summed E-state index contributed by atoms with van der Waals surface area (Å²) in [5, 5.41) is -0.256. The van der Waals surface area contributed by atoms with Crippen LogP contribution in [0.5, 0.6) is 0 Å². The van der Waals surface area contributed by atoms with Crippen LogP contribution >= 0.6 is 11.6 Å². The molecule has 0 fully saturated rings. The Hall–Kier alpha value is -3.65. The SMILES string of the molecule is O=C1c2cc(-c3noc(C(F)(F)Cl)n3)cnc2CN1c1ccccc1-c1ccccc1. The molecular formula is C22H13ClF2N4O2. The molecule has 154 valence electrons. The Morgan fingerprint density at radius 1 is 1.00 bits per heavy atom. The van der Waals surface area contributed by atoms with Gasteiger partial charge in [-0.1, -0.05) is 53.7 Å². The summed E-state index contributed by atoms with van der Waals surface area (Å²) in [7, 11) is 0. The number of alkyl halides is 3. The molecule has 6 nitrogen and oxygen atoms in total. The number of halogens is 3. The second-order valence-electron chi connectivity index (χ2n) is 6.91. The second-order valence-corrected chi connectivity index (χ2v) is 7.39. The van der Waals surface area contributed by atoms with Crippen molar-refractivity contribution in [2.75, 3.05) is 4.90 Å². The summed E-state index contributed by atoms with van der Waals surface area (Å²) in [6.07, 6.45) is 1.42. The highest BCUT2D eigenvalue weighted by molar-refractivity contribution is 6.21. The van der Waals surface area contributed by atoms with E-state index < -0.39 is 11.3 Å². The third-order valence-electron chi connectivity index (χ3n) is 4.96. The number of para-hydroxylation sites is 1. The number of carbonyl (C=O) groups excluding carboxylic acids is 1. The molecule has 3 heterocycles. The third kappa shape index (κ3) is 3.44. The van der Waals surface area contributed by atoms with Crippen LogP contribution < -0.4 is 4.90 Å². The molecule has 0 radical (unpaired) electrons. The largest absolute Gasteiger partial charge is 0.400 e. The number of rotatable bonds is 4. The number of carbonyl (C=O) groups is 1. The number of benzene rings is 2. The average Bonchev–Trinajstić information content (AvgIpc) is 3.40. The standard InChI is InChI=1S/C22H13ClF2N4O2/c23-22(24,25)21-27-19(28-31-21)14-10-16-17(26-11-14)12-29(20(16)30)18-9-5-4-8-15(18)13-6-2-1-3-7-13/h1-11H,12H2. The van der Waals surface area contributed by atoms with Crippen LogP contribution in [0.1, 0.15) is 21.9 Å². The van der Waals surface area contributed by atoms with Crippen LogP contribution in [-0.2, 0) is 11.9 Å². The first-order valence-electron chi connectivity index (χ1n) is 9.28. The maximum atomic E-state index is 13.2.